The van der Waals surface area contributed by atoms with Gasteiger partial charge in [0.1, 0.15) is 12.1 Å². The molecule has 0 aliphatic carbocycles. The monoisotopic (exact) mass is 386 g/mol. The Bertz CT molecular complexity index is 1220. The van der Waals surface area contributed by atoms with Gasteiger partial charge in [-0.1, -0.05) is 42.5 Å². The molecule has 0 saturated heterocycles. The van der Waals surface area contributed by atoms with Gasteiger partial charge in [0, 0.05) is 22.9 Å². The number of rotatable bonds is 5. The number of fused-ring (bicyclic) bond motifs is 2. The number of nitrogens with one attached hydrogen (secondary N) is 1. The summed E-state index contributed by atoms with van der Waals surface area (Å²) in [5.74, 6) is 1.17. The van der Waals surface area contributed by atoms with Crippen LogP contribution in [-0.2, 0) is 24.5 Å². The molecule has 0 spiro atoms. The van der Waals surface area contributed by atoms with E-state index in [9.17, 15) is 4.79 Å². The molecule has 3 N–H and O–H groups in total. The number of nitrogens with zero attached hydrogens (tertiary/aromatic N) is 2. The summed E-state index contributed by atoms with van der Waals surface area (Å²) in [4.78, 5) is 21.1. The first kappa shape index (κ1) is 17.4. The third-order valence-corrected chi connectivity index (χ3v) is 4.99. The van der Waals surface area contributed by atoms with Crippen molar-refractivity contribution >= 4 is 22.5 Å². The second kappa shape index (κ2) is 7.03. The number of aromatic nitrogens is 2. The summed E-state index contributed by atoms with van der Waals surface area (Å²) >= 11 is 0. The SMILES string of the molecule is NC(=O)c1cccc2c(-c3nc4c(c(NCc5ccccc5)n3)COC4)occ12. The Balaban J connectivity index is 1.57. The molecular weight excluding hydrogens is 368 g/mol. The predicted octanol–water partition coefficient (Wildman–Crippen LogP) is 3.63. The molecule has 7 nitrogen and oxygen atoms in total. The average Bonchev–Trinajstić information content (AvgIpc) is 3.39. The number of ether oxygens (including phenoxy) is 1. The minimum atomic E-state index is -0.503. The normalized spacial score (nSPS) is 12.8. The van der Waals surface area contributed by atoms with Gasteiger partial charge in [-0.15, -0.1) is 0 Å². The Labute approximate surface area is 166 Å². The molecule has 2 aromatic carbocycles. The maximum absolute atomic E-state index is 11.7. The fourth-order valence-electron chi connectivity index (χ4n) is 3.54. The second-order valence-corrected chi connectivity index (χ2v) is 6.85. The Morgan fingerprint density at radius 3 is 2.72 bits per heavy atom. The molecule has 1 aliphatic heterocycles. The highest BCUT2D eigenvalue weighted by Crippen LogP contribution is 2.34. The van der Waals surface area contributed by atoms with Crippen molar-refractivity contribution in [2.75, 3.05) is 5.32 Å². The fourth-order valence-corrected chi connectivity index (χ4v) is 3.54. The fraction of sp³-hybridized carbons (Fsp3) is 0.136. The number of nitrogens with two attached hydrogens (primary N) is 1. The molecule has 0 atom stereocenters. The summed E-state index contributed by atoms with van der Waals surface area (Å²) in [6.45, 7) is 1.53. The van der Waals surface area contributed by atoms with Crippen LogP contribution in [-0.4, -0.2) is 15.9 Å². The van der Waals surface area contributed by atoms with Gasteiger partial charge in [-0.3, -0.25) is 4.79 Å². The Kier molecular flexibility index (Phi) is 4.22. The average molecular weight is 386 g/mol. The van der Waals surface area contributed by atoms with Crippen molar-refractivity contribution in [2.24, 2.45) is 5.73 Å². The van der Waals surface area contributed by atoms with Crippen LogP contribution in [0, 0.1) is 0 Å². The van der Waals surface area contributed by atoms with Crippen LogP contribution in [0.2, 0.25) is 0 Å². The second-order valence-electron chi connectivity index (χ2n) is 6.85. The lowest BCUT2D eigenvalue weighted by atomic mass is 10.1. The van der Waals surface area contributed by atoms with Gasteiger partial charge in [-0.25, -0.2) is 9.97 Å². The van der Waals surface area contributed by atoms with Crippen LogP contribution >= 0.6 is 0 Å². The maximum Gasteiger partial charge on any atom is 0.249 e. The van der Waals surface area contributed by atoms with Crippen molar-refractivity contribution in [2.45, 2.75) is 19.8 Å². The zero-order valence-corrected chi connectivity index (χ0v) is 15.5. The number of carbonyl (C=O) groups excluding carboxylic acids is 1. The lowest BCUT2D eigenvalue weighted by molar-refractivity contribution is 0.100. The van der Waals surface area contributed by atoms with E-state index in [0.717, 1.165) is 28.0 Å². The number of hydrogen-bond acceptors (Lipinski definition) is 6. The minimum Gasteiger partial charge on any atom is -0.460 e. The molecule has 0 saturated carbocycles. The van der Waals surface area contributed by atoms with Crippen LogP contribution in [0.3, 0.4) is 0 Å². The highest BCUT2D eigenvalue weighted by Gasteiger charge is 2.23. The standard InChI is InChI=1S/C22H18N4O3/c23-20(27)15-8-4-7-14-16(15)11-29-19(14)22-25-18-12-28-10-17(18)21(26-22)24-9-13-5-2-1-3-6-13/h1-8,11H,9-10,12H2,(H2,23,27)(H,24,25,26). The summed E-state index contributed by atoms with van der Waals surface area (Å²) in [6, 6.07) is 15.4. The molecule has 4 aromatic rings. The molecule has 2 aromatic heterocycles. The molecule has 0 unspecified atom stereocenters. The van der Waals surface area contributed by atoms with Crippen molar-refractivity contribution < 1.29 is 13.9 Å². The first-order chi connectivity index (χ1) is 14.2. The Morgan fingerprint density at radius 1 is 1.03 bits per heavy atom. The van der Waals surface area contributed by atoms with E-state index in [1.807, 2.05) is 24.3 Å². The number of hydrogen-bond donors (Lipinski definition) is 2. The summed E-state index contributed by atoms with van der Waals surface area (Å²) in [5.41, 5.74) is 8.83. The summed E-state index contributed by atoms with van der Waals surface area (Å²) in [5, 5.41) is 4.79. The summed E-state index contributed by atoms with van der Waals surface area (Å²) in [6.07, 6.45) is 1.52. The number of benzene rings is 2. The van der Waals surface area contributed by atoms with Crippen LogP contribution < -0.4 is 11.1 Å². The zero-order chi connectivity index (χ0) is 19.8. The van der Waals surface area contributed by atoms with E-state index >= 15 is 0 Å². The lowest BCUT2D eigenvalue weighted by Gasteiger charge is -2.11. The van der Waals surface area contributed by atoms with Crippen LogP contribution in [0.1, 0.15) is 27.2 Å². The molecule has 1 amide bonds. The van der Waals surface area contributed by atoms with Gasteiger partial charge in [-0.2, -0.15) is 0 Å². The number of amides is 1. The van der Waals surface area contributed by atoms with Crippen molar-refractivity contribution in [3.05, 3.63) is 77.2 Å². The molecule has 1 aliphatic rings. The van der Waals surface area contributed by atoms with Crippen LogP contribution in [0.25, 0.3) is 22.4 Å². The largest absolute Gasteiger partial charge is 0.460 e. The van der Waals surface area contributed by atoms with E-state index in [0.29, 0.717) is 42.3 Å². The smallest absolute Gasteiger partial charge is 0.249 e. The predicted molar refractivity (Wildman–Crippen MR) is 108 cm³/mol. The van der Waals surface area contributed by atoms with Gasteiger partial charge < -0.3 is 20.2 Å². The van der Waals surface area contributed by atoms with Crippen LogP contribution in [0.4, 0.5) is 5.82 Å². The molecule has 0 bridgehead atoms. The highest BCUT2D eigenvalue weighted by atomic mass is 16.5. The van der Waals surface area contributed by atoms with E-state index in [1.54, 1.807) is 12.1 Å². The molecule has 0 fully saturated rings. The summed E-state index contributed by atoms with van der Waals surface area (Å²) in [7, 11) is 0. The van der Waals surface area contributed by atoms with Crippen LogP contribution in [0.15, 0.2) is 59.2 Å². The molecule has 0 radical (unpaired) electrons. The first-order valence-corrected chi connectivity index (χ1v) is 9.26. The van der Waals surface area contributed by atoms with Crippen molar-refractivity contribution in [1.29, 1.82) is 0 Å². The molecule has 29 heavy (non-hydrogen) atoms. The van der Waals surface area contributed by atoms with Gasteiger partial charge in [0.2, 0.25) is 5.91 Å². The van der Waals surface area contributed by atoms with Gasteiger partial charge in [-0.05, 0) is 11.6 Å². The first-order valence-electron chi connectivity index (χ1n) is 9.26. The van der Waals surface area contributed by atoms with Crippen LogP contribution in [0.5, 0.6) is 0 Å². The quantitative estimate of drug-likeness (QED) is 0.543. The van der Waals surface area contributed by atoms with Crippen molar-refractivity contribution in [3.63, 3.8) is 0 Å². The number of anilines is 1. The molecular formula is C22H18N4O3. The zero-order valence-electron chi connectivity index (χ0n) is 15.5. The van der Waals surface area contributed by atoms with E-state index in [2.05, 4.69) is 22.4 Å². The van der Waals surface area contributed by atoms with E-state index < -0.39 is 5.91 Å². The number of primary amides is 1. The maximum atomic E-state index is 11.7. The van der Waals surface area contributed by atoms with Gasteiger partial charge in [0.25, 0.3) is 0 Å². The molecule has 3 heterocycles. The van der Waals surface area contributed by atoms with E-state index in [-0.39, 0.29) is 0 Å². The molecule has 5 rings (SSSR count). The van der Waals surface area contributed by atoms with Crippen molar-refractivity contribution in [3.8, 4) is 11.6 Å². The van der Waals surface area contributed by atoms with Crippen molar-refractivity contribution in [1.82, 2.24) is 9.97 Å². The van der Waals surface area contributed by atoms with Gasteiger partial charge >= 0.3 is 0 Å². The molecule has 7 heteroatoms. The minimum absolute atomic E-state index is 0.407. The third-order valence-electron chi connectivity index (χ3n) is 4.99. The van der Waals surface area contributed by atoms with E-state index in [4.69, 9.17) is 19.9 Å². The summed E-state index contributed by atoms with van der Waals surface area (Å²) < 4.78 is 11.4. The number of furan rings is 1. The highest BCUT2D eigenvalue weighted by molar-refractivity contribution is 6.08. The van der Waals surface area contributed by atoms with Gasteiger partial charge in [0.15, 0.2) is 11.6 Å². The topological polar surface area (TPSA) is 103 Å². The third kappa shape index (κ3) is 3.11. The number of carbonyl (C=O) groups is 1. The molecule has 144 valence electrons. The Hall–Kier alpha value is -3.71. The Morgan fingerprint density at radius 2 is 1.90 bits per heavy atom. The lowest BCUT2D eigenvalue weighted by Crippen LogP contribution is -2.10. The van der Waals surface area contributed by atoms with E-state index in [1.165, 1.54) is 6.26 Å². The van der Waals surface area contributed by atoms with Gasteiger partial charge in [0.05, 0.1) is 24.5 Å².